The highest BCUT2D eigenvalue weighted by molar-refractivity contribution is 5.80. The minimum absolute atomic E-state index is 0.588. The van der Waals surface area contributed by atoms with E-state index in [1.54, 1.807) is 0 Å². The molecule has 2 aliphatic rings. The lowest BCUT2D eigenvalue weighted by molar-refractivity contribution is 0.0893. The number of hydrogen-bond donors (Lipinski definition) is 1. The molecule has 1 aromatic carbocycles. The molecular formula is C22H36N4O2. The Morgan fingerprint density at radius 3 is 2.86 bits per heavy atom. The highest BCUT2D eigenvalue weighted by Gasteiger charge is 2.20. The molecule has 0 aromatic heterocycles. The number of nitrogens with zero attached hydrogens (tertiary/aromatic N) is 3. The Hall–Kier alpha value is -1.79. The summed E-state index contributed by atoms with van der Waals surface area (Å²) in [6.07, 6.45) is 2.10. The van der Waals surface area contributed by atoms with E-state index in [1.165, 1.54) is 11.3 Å². The van der Waals surface area contributed by atoms with Crippen molar-refractivity contribution in [2.75, 3.05) is 70.6 Å². The van der Waals surface area contributed by atoms with E-state index in [9.17, 15) is 0 Å². The van der Waals surface area contributed by atoms with Gasteiger partial charge in [0, 0.05) is 64.1 Å². The molecule has 2 fully saturated rings. The Labute approximate surface area is 169 Å². The molecule has 1 unspecified atom stereocenters. The maximum Gasteiger partial charge on any atom is 0.194 e. The molecule has 6 nitrogen and oxygen atoms in total. The summed E-state index contributed by atoms with van der Waals surface area (Å²) in [6.45, 7) is 13.4. The number of rotatable bonds is 8. The quantitative estimate of drug-likeness (QED) is 0.421. The molecule has 0 saturated carbocycles. The van der Waals surface area contributed by atoms with Crippen molar-refractivity contribution in [2.24, 2.45) is 10.9 Å². The zero-order valence-electron chi connectivity index (χ0n) is 17.5. The fourth-order valence-electron chi connectivity index (χ4n) is 3.74. The van der Waals surface area contributed by atoms with E-state index in [2.05, 4.69) is 53.2 Å². The van der Waals surface area contributed by atoms with Crippen LogP contribution in [0.2, 0.25) is 0 Å². The molecule has 2 aliphatic heterocycles. The second-order valence-corrected chi connectivity index (χ2v) is 7.71. The first-order valence-electron chi connectivity index (χ1n) is 10.8. The van der Waals surface area contributed by atoms with Crippen LogP contribution in [0.4, 0.5) is 5.69 Å². The number of benzene rings is 1. The zero-order chi connectivity index (χ0) is 19.6. The lowest BCUT2D eigenvalue weighted by Crippen LogP contribution is -2.52. The Bertz CT molecular complexity index is 608. The second kappa shape index (κ2) is 11.3. The third-order valence-corrected chi connectivity index (χ3v) is 5.37. The predicted octanol–water partition coefficient (Wildman–Crippen LogP) is 2.53. The average Bonchev–Trinajstić information content (AvgIpc) is 3.23. The molecule has 1 aromatic rings. The number of piperazine rings is 1. The third kappa shape index (κ3) is 6.38. The number of guanidine groups is 1. The smallest absolute Gasteiger partial charge is 0.194 e. The number of nitrogens with one attached hydrogen (secondary N) is 1. The van der Waals surface area contributed by atoms with Gasteiger partial charge in [-0.1, -0.05) is 12.1 Å². The first-order valence-corrected chi connectivity index (χ1v) is 10.8. The molecule has 1 atom stereocenters. The molecule has 6 heteroatoms. The average molecular weight is 389 g/mol. The SMILES string of the molecule is CCNC(=NCCCOCC1CCOC1)N1CCN(c2cccc(C)c2)CC1. The van der Waals surface area contributed by atoms with Crippen LogP contribution < -0.4 is 10.2 Å². The molecule has 0 bridgehead atoms. The van der Waals surface area contributed by atoms with Crippen molar-refractivity contribution in [3.05, 3.63) is 29.8 Å². The van der Waals surface area contributed by atoms with E-state index in [1.807, 2.05) is 0 Å². The summed E-state index contributed by atoms with van der Waals surface area (Å²) in [5, 5.41) is 3.45. The Morgan fingerprint density at radius 1 is 1.29 bits per heavy atom. The van der Waals surface area contributed by atoms with E-state index in [0.717, 1.165) is 84.5 Å². The van der Waals surface area contributed by atoms with Crippen molar-refractivity contribution >= 4 is 11.6 Å². The van der Waals surface area contributed by atoms with Crippen LogP contribution in [0, 0.1) is 12.8 Å². The fraction of sp³-hybridized carbons (Fsp3) is 0.682. The molecule has 0 aliphatic carbocycles. The van der Waals surface area contributed by atoms with Gasteiger partial charge in [-0.25, -0.2) is 0 Å². The van der Waals surface area contributed by atoms with Gasteiger partial charge in [-0.3, -0.25) is 4.99 Å². The Kier molecular flexibility index (Phi) is 8.42. The summed E-state index contributed by atoms with van der Waals surface area (Å²) in [7, 11) is 0. The maximum absolute atomic E-state index is 5.79. The molecule has 28 heavy (non-hydrogen) atoms. The van der Waals surface area contributed by atoms with Crippen molar-refractivity contribution in [2.45, 2.75) is 26.7 Å². The van der Waals surface area contributed by atoms with E-state index < -0.39 is 0 Å². The number of aryl methyl sites for hydroxylation is 1. The minimum Gasteiger partial charge on any atom is -0.381 e. The molecule has 2 heterocycles. The van der Waals surface area contributed by atoms with Crippen molar-refractivity contribution < 1.29 is 9.47 Å². The van der Waals surface area contributed by atoms with Gasteiger partial charge in [-0.2, -0.15) is 0 Å². The molecule has 0 spiro atoms. The summed E-state index contributed by atoms with van der Waals surface area (Å²) in [4.78, 5) is 9.67. The van der Waals surface area contributed by atoms with Crippen molar-refractivity contribution in [3.63, 3.8) is 0 Å². The van der Waals surface area contributed by atoms with Gasteiger partial charge in [0.25, 0.3) is 0 Å². The summed E-state index contributed by atoms with van der Waals surface area (Å²) in [6, 6.07) is 8.78. The normalized spacial score (nSPS) is 20.6. The topological polar surface area (TPSA) is 49.3 Å². The van der Waals surface area contributed by atoms with Gasteiger partial charge in [-0.05, 0) is 44.4 Å². The first-order chi connectivity index (χ1) is 13.8. The summed E-state index contributed by atoms with van der Waals surface area (Å²) in [5.41, 5.74) is 2.64. The highest BCUT2D eigenvalue weighted by atomic mass is 16.5. The van der Waals surface area contributed by atoms with Gasteiger partial charge >= 0.3 is 0 Å². The van der Waals surface area contributed by atoms with Gasteiger partial charge in [-0.15, -0.1) is 0 Å². The largest absolute Gasteiger partial charge is 0.381 e. The Balaban J connectivity index is 1.40. The molecule has 0 amide bonds. The van der Waals surface area contributed by atoms with E-state index in [0.29, 0.717) is 5.92 Å². The van der Waals surface area contributed by atoms with Crippen molar-refractivity contribution in [1.29, 1.82) is 0 Å². The second-order valence-electron chi connectivity index (χ2n) is 7.71. The van der Waals surface area contributed by atoms with Gasteiger partial charge in [0.15, 0.2) is 5.96 Å². The van der Waals surface area contributed by atoms with Gasteiger partial charge in [0.05, 0.1) is 13.2 Å². The molecular weight excluding hydrogens is 352 g/mol. The van der Waals surface area contributed by atoms with Crippen molar-refractivity contribution in [1.82, 2.24) is 10.2 Å². The summed E-state index contributed by atoms with van der Waals surface area (Å²) >= 11 is 0. The van der Waals surface area contributed by atoms with Gasteiger partial charge < -0.3 is 24.6 Å². The Morgan fingerprint density at radius 2 is 2.14 bits per heavy atom. The lowest BCUT2D eigenvalue weighted by atomic mass is 10.1. The van der Waals surface area contributed by atoms with E-state index in [-0.39, 0.29) is 0 Å². The summed E-state index contributed by atoms with van der Waals surface area (Å²) in [5.74, 6) is 1.63. The first kappa shape index (κ1) is 20.9. The van der Waals surface area contributed by atoms with E-state index >= 15 is 0 Å². The number of ether oxygens (including phenoxy) is 2. The molecule has 1 N–H and O–H groups in total. The summed E-state index contributed by atoms with van der Waals surface area (Å²) < 4.78 is 11.2. The van der Waals surface area contributed by atoms with Crippen LogP contribution >= 0.6 is 0 Å². The maximum atomic E-state index is 5.79. The third-order valence-electron chi connectivity index (χ3n) is 5.37. The fourth-order valence-corrected chi connectivity index (χ4v) is 3.74. The van der Waals surface area contributed by atoms with Crippen LogP contribution in [0.1, 0.15) is 25.3 Å². The standard InChI is InChI=1S/C22H36N4O2/c1-3-23-22(24-9-5-14-27-17-20-8-15-28-18-20)26-12-10-25(11-13-26)21-7-4-6-19(2)16-21/h4,6-7,16,20H,3,5,8-15,17-18H2,1-2H3,(H,23,24). The molecule has 2 saturated heterocycles. The van der Waals surface area contributed by atoms with Crippen molar-refractivity contribution in [3.8, 4) is 0 Å². The van der Waals surface area contributed by atoms with Crippen LogP contribution in [0.3, 0.4) is 0 Å². The molecule has 0 radical (unpaired) electrons. The van der Waals surface area contributed by atoms with Crippen LogP contribution in [0.25, 0.3) is 0 Å². The monoisotopic (exact) mass is 388 g/mol. The highest BCUT2D eigenvalue weighted by Crippen LogP contribution is 2.18. The number of aliphatic imine (C=N–C) groups is 1. The number of anilines is 1. The minimum atomic E-state index is 0.588. The van der Waals surface area contributed by atoms with Crippen LogP contribution in [0.5, 0.6) is 0 Å². The van der Waals surface area contributed by atoms with Gasteiger partial charge in [0.1, 0.15) is 0 Å². The number of hydrogen-bond acceptors (Lipinski definition) is 4. The lowest BCUT2D eigenvalue weighted by Gasteiger charge is -2.37. The van der Waals surface area contributed by atoms with Crippen LogP contribution in [-0.4, -0.2) is 76.6 Å². The van der Waals surface area contributed by atoms with E-state index in [4.69, 9.17) is 14.5 Å². The van der Waals surface area contributed by atoms with Crippen LogP contribution in [0.15, 0.2) is 29.3 Å². The molecule has 3 rings (SSSR count). The predicted molar refractivity (Wildman–Crippen MR) is 115 cm³/mol. The van der Waals surface area contributed by atoms with Gasteiger partial charge in [0.2, 0.25) is 0 Å². The molecule has 156 valence electrons. The van der Waals surface area contributed by atoms with Crippen LogP contribution in [-0.2, 0) is 9.47 Å². The zero-order valence-corrected chi connectivity index (χ0v) is 17.5.